The Hall–Kier alpha value is -1.29. The van der Waals surface area contributed by atoms with Gasteiger partial charge in [0.25, 0.3) is 0 Å². The van der Waals surface area contributed by atoms with Crippen LogP contribution in [-0.2, 0) is 9.53 Å². The van der Waals surface area contributed by atoms with Crippen molar-refractivity contribution >= 4 is 6.29 Å². The number of carbonyl (C=O) groups is 1. The normalized spacial score (nSPS) is 19.5. The Balaban J connectivity index is 2.35. The second-order valence-electron chi connectivity index (χ2n) is 4.41. The SMILES string of the molecule is COC1([C@@H](C=O)c2ccc(F)c(F)c2)CCC1. The highest BCUT2D eigenvalue weighted by Gasteiger charge is 2.45. The second kappa shape index (κ2) is 4.53. The average molecular weight is 240 g/mol. The Morgan fingerprint density at radius 1 is 1.35 bits per heavy atom. The van der Waals surface area contributed by atoms with Crippen LogP contribution in [0.2, 0.25) is 0 Å². The molecule has 1 aliphatic carbocycles. The van der Waals surface area contributed by atoms with Crippen LogP contribution in [0.25, 0.3) is 0 Å². The quantitative estimate of drug-likeness (QED) is 0.756. The van der Waals surface area contributed by atoms with Crippen molar-refractivity contribution < 1.29 is 18.3 Å². The number of methoxy groups -OCH3 is 1. The van der Waals surface area contributed by atoms with E-state index in [0.29, 0.717) is 5.56 Å². The number of hydrogen-bond acceptors (Lipinski definition) is 2. The van der Waals surface area contributed by atoms with Gasteiger partial charge in [0.2, 0.25) is 0 Å². The maximum atomic E-state index is 13.2. The van der Waals surface area contributed by atoms with Crippen LogP contribution in [0.3, 0.4) is 0 Å². The molecule has 1 aliphatic rings. The third-order valence-corrected chi connectivity index (χ3v) is 3.61. The molecular weight excluding hydrogens is 226 g/mol. The summed E-state index contributed by atoms with van der Waals surface area (Å²) in [6.07, 6.45) is 3.29. The fraction of sp³-hybridized carbons (Fsp3) is 0.462. The van der Waals surface area contributed by atoms with E-state index in [1.54, 1.807) is 7.11 Å². The van der Waals surface area contributed by atoms with Crippen LogP contribution in [0.15, 0.2) is 18.2 Å². The van der Waals surface area contributed by atoms with Crippen molar-refractivity contribution in [3.05, 3.63) is 35.4 Å². The minimum atomic E-state index is -0.931. The molecule has 0 saturated heterocycles. The van der Waals surface area contributed by atoms with Gasteiger partial charge in [0, 0.05) is 7.11 Å². The van der Waals surface area contributed by atoms with Crippen LogP contribution in [0.1, 0.15) is 30.7 Å². The standard InChI is InChI=1S/C13H14F2O2/c1-17-13(5-2-6-13)10(8-16)9-3-4-11(14)12(15)7-9/h3-4,7-8,10H,2,5-6H2,1H3/t10-/m0/s1. The van der Waals surface area contributed by atoms with Gasteiger partial charge >= 0.3 is 0 Å². The first-order valence-electron chi connectivity index (χ1n) is 5.58. The number of benzene rings is 1. The second-order valence-corrected chi connectivity index (χ2v) is 4.41. The van der Waals surface area contributed by atoms with E-state index < -0.39 is 23.2 Å². The van der Waals surface area contributed by atoms with Gasteiger partial charge in [-0.25, -0.2) is 8.78 Å². The molecule has 0 spiro atoms. The molecule has 92 valence electrons. The molecule has 1 saturated carbocycles. The van der Waals surface area contributed by atoms with Gasteiger partial charge in [-0.15, -0.1) is 0 Å². The highest BCUT2D eigenvalue weighted by atomic mass is 19.2. The Labute approximate surface area is 98.6 Å². The zero-order valence-corrected chi connectivity index (χ0v) is 9.58. The topological polar surface area (TPSA) is 26.3 Å². The number of carbonyl (C=O) groups excluding carboxylic acids is 1. The fourth-order valence-corrected chi connectivity index (χ4v) is 2.38. The lowest BCUT2D eigenvalue weighted by Crippen LogP contribution is -2.45. The van der Waals surface area contributed by atoms with Crippen LogP contribution in [0, 0.1) is 11.6 Å². The van der Waals surface area contributed by atoms with Gasteiger partial charge in [0.15, 0.2) is 11.6 Å². The maximum absolute atomic E-state index is 13.2. The van der Waals surface area contributed by atoms with E-state index in [4.69, 9.17) is 4.74 Å². The highest BCUT2D eigenvalue weighted by Crippen LogP contribution is 2.45. The molecule has 0 bridgehead atoms. The van der Waals surface area contributed by atoms with Crippen LogP contribution in [0.4, 0.5) is 8.78 Å². The lowest BCUT2D eigenvalue weighted by atomic mass is 9.69. The van der Waals surface area contributed by atoms with E-state index in [1.807, 2.05) is 0 Å². The molecule has 17 heavy (non-hydrogen) atoms. The van der Waals surface area contributed by atoms with Crippen molar-refractivity contribution in [1.29, 1.82) is 0 Å². The Morgan fingerprint density at radius 2 is 2.06 bits per heavy atom. The van der Waals surface area contributed by atoms with Crippen molar-refractivity contribution in [2.75, 3.05) is 7.11 Å². The molecule has 0 amide bonds. The van der Waals surface area contributed by atoms with Crippen molar-refractivity contribution in [2.45, 2.75) is 30.8 Å². The molecule has 4 heteroatoms. The molecule has 1 fully saturated rings. The Morgan fingerprint density at radius 3 is 2.47 bits per heavy atom. The number of ether oxygens (including phenoxy) is 1. The molecule has 0 unspecified atom stereocenters. The Bertz CT molecular complexity index is 422. The molecule has 1 aromatic carbocycles. The third kappa shape index (κ3) is 1.97. The van der Waals surface area contributed by atoms with E-state index in [9.17, 15) is 13.6 Å². The zero-order chi connectivity index (χ0) is 12.5. The molecule has 2 rings (SSSR count). The molecule has 1 atom stereocenters. The van der Waals surface area contributed by atoms with Crippen molar-refractivity contribution in [1.82, 2.24) is 0 Å². The predicted molar refractivity (Wildman–Crippen MR) is 58.8 cm³/mol. The molecule has 0 aromatic heterocycles. The largest absolute Gasteiger partial charge is 0.377 e. The summed E-state index contributed by atoms with van der Waals surface area (Å²) in [5, 5.41) is 0. The molecule has 0 aliphatic heterocycles. The van der Waals surface area contributed by atoms with Gasteiger partial charge in [-0.2, -0.15) is 0 Å². The van der Waals surface area contributed by atoms with Crippen molar-refractivity contribution in [2.24, 2.45) is 0 Å². The Kier molecular flexibility index (Phi) is 3.24. The van der Waals surface area contributed by atoms with Crippen LogP contribution in [-0.4, -0.2) is 19.0 Å². The van der Waals surface area contributed by atoms with E-state index in [2.05, 4.69) is 0 Å². The van der Waals surface area contributed by atoms with Gasteiger partial charge in [-0.1, -0.05) is 6.07 Å². The van der Waals surface area contributed by atoms with Gasteiger partial charge in [0.05, 0.1) is 11.5 Å². The first-order valence-corrected chi connectivity index (χ1v) is 5.58. The summed E-state index contributed by atoms with van der Waals surface area (Å²) in [4.78, 5) is 11.2. The summed E-state index contributed by atoms with van der Waals surface area (Å²) < 4.78 is 31.4. The molecule has 0 heterocycles. The van der Waals surface area contributed by atoms with Gasteiger partial charge in [-0.05, 0) is 37.0 Å². The minimum Gasteiger partial charge on any atom is -0.377 e. The number of hydrogen-bond donors (Lipinski definition) is 0. The first kappa shape index (κ1) is 12.2. The summed E-state index contributed by atoms with van der Waals surface area (Å²) >= 11 is 0. The highest BCUT2D eigenvalue weighted by molar-refractivity contribution is 5.65. The summed E-state index contributed by atoms with van der Waals surface area (Å²) in [6.45, 7) is 0. The van der Waals surface area contributed by atoms with E-state index in [0.717, 1.165) is 37.7 Å². The lowest BCUT2D eigenvalue weighted by Gasteiger charge is -2.44. The number of halogens is 2. The summed E-state index contributed by atoms with van der Waals surface area (Å²) in [5.74, 6) is -2.37. The summed E-state index contributed by atoms with van der Waals surface area (Å²) in [7, 11) is 1.55. The summed E-state index contributed by atoms with van der Waals surface area (Å²) in [6, 6.07) is 3.56. The predicted octanol–water partition coefficient (Wildman–Crippen LogP) is 2.82. The van der Waals surface area contributed by atoms with Gasteiger partial charge < -0.3 is 9.53 Å². The van der Waals surface area contributed by atoms with E-state index in [-0.39, 0.29) is 0 Å². The molecule has 2 nitrogen and oxygen atoms in total. The van der Waals surface area contributed by atoms with Crippen LogP contribution < -0.4 is 0 Å². The molecular formula is C13H14F2O2. The summed E-state index contributed by atoms with van der Waals surface area (Å²) in [5.41, 5.74) is -0.0631. The average Bonchev–Trinajstić information content (AvgIpc) is 2.27. The molecule has 0 radical (unpaired) electrons. The first-order chi connectivity index (χ1) is 8.13. The monoisotopic (exact) mass is 240 g/mol. The maximum Gasteiger partial charge on any atom is 0.159 e. The van der Waals surface area contributed by atoms with Crippen molar-refractivity contribution in [3.63, 3.8) is 0 Å². The lowest BCUT2D eigenvalue weighted by molar-refractivity contribution is -0.127. The van der Waals surface area contributed by atoms with Gasteiger partial charge in [-0.3, -0.25) is 0 Å². The van der Waals surface area contributed by atoms with Crippen LogP contribution >= 0.6 is 0 Å². The minimum absolute atomic E-state index is 0.473. The zero-order valence-electron chi connectivity index (χ0n) is 9.58. The smallest absolute Gasteiger partial charge is 0.159 e. The van der Waals surface area contributed by atoms with E-state index in [1.165, 1.54) is 6.07 Å². The number of rotatable bonds is 4. The third-order valence-electron chi connectivity index (χ3n) is 3.61. The molecule has 0 N–H and O–H groups in total. The van der Waals surface area contributed by atoms with E-state index >= 15 is 0 Å². The van der Waals surface area contributed by atoms with Crippen molar-refractivity contribution in [3.8, 4) is 0 Å². The van der Waals surface area contributed by atoms with Gasteiger partial charge in [0.1, 0.15) is 6.29 Å². The number of aldehydes is 1. The van der Waals surface area contributed by atoms with Crippen LogP contribution in [0.5, 0.6) is 0 Å². The fourth-order valence-electron chi connectivity index (χ4n) is 2.38. The molecule has 1 aromatic rings.